The van der Waals surface area contributed by atoms with Crippen LogP contribution in [0.4, 0.5) is 10.7 Å². The molecule has 1 unspecified atom stereocenters. The Bertz CT molecular complexity index is 1490. The number of esters is 1. The molecule has 36 heavy (non-hydrogen) atoms. The summed E-state index contributed by atoms with van der Waals surface area (Å²) in [5.41, 5.74) is 12.0. The molecule has 3 aromatic heterocycles. The van der Waals surface area contributed by atoms with Crippen molar-refractivity contribution in [2.45, 2.75) is 51.4 Å². The Balaban J connectivity index is 1.33. The van der Waals surface area contributed by atoms with Crippen LogP contribution >= 0.6 is 22.7 Å². The van der Waals surface area contributed by atoms with Gasteiger partial charge in [0.2, 0.25) is 0 Å². The number of ether oxygens (including phenoxy) is 1. The first-order chi connectivity index (χ1) is 17.5. The average Bonchev–Trinajstić information content (AvgIpc) is 3.58. The number of nitrogens with two attached hydrogens (primary N) is 1. The van der Waals surface area contributed by atoms with Gasteiger partial charge in [-0.3, -0.25) is 4.79 Å². The van der Waals surface area contributed by atoms with Gasteiger partial charge in [-0.2, -0.15) is 0 Å². The first kappa shape index (κ1) is 23.2. The van der Waals surface area contributed by atoms with Crippen LogP contribution in [-0.4, -0.2) is 23.5 Å². The molecule has 3 N–H and O–H groups in total. The van der Waals surface area contributed by atoms with Crippen molar-refractivity contribution in [1.29, 1.82) is 0 Å². The van der Waals surface area contributed by atoms with Crippen molar-refractivity contribution in [1.82, 2.24) is 4.98 Å². The number of rotatable bonds is 5. The maximum absolute atomic E-state index is 13.4. The number of aromatic nitrogens is 1. The highest BCUT2D eigenvalue weighted by Gasteiger charge is 2.31. The van der Waals surface area contributed by atoms with Crippen LogP contribution in [0.2, 0.25) is 0 Å². The van der Waals surface area contributed by atoms with Gasteiger partial charge < -0.3 is 15.8 Å². The maximum Gasteiger partial charge on any atom is 0.341 e. The Hall–Kier alpha value is -3.23. The fraction of sp³-hybridized carbons (Fsp3) is 0.321. The van der Waals surface area contributed by atoms with Crippen molar-refractivity contribution in [3.8, 4) is 0 Å². The number of nitrogens with zero attached hydrogens (tertiary/aromatic N) is 1. The van der Waals surface area contributed by atoms with Crippen LogP contribution in [0.25, 0.3) is 10.2 Å². The fourth-order valence-electron chi connectivity index (χ4n) is 5.43. The molecule has 0 aliphatic heterocycles. The standard InChI is InChI=1S/C28H27N3O3S2/c1-2-34-28(33)22-18-12-11-16(15-7-4-3-5-8-15)14-21(18)35-27(22)31-25(32)24-23(29)19-13-17-9-6-10-20(17)30-26(19)36-24/h3-5,7-8,13,16H,2,6,9-12,14,29H2,1H3,(H,31,32). The minimum absolute atomic E-state index is 0.281. The number of nitrogen functional groups attached to an aromatic ring is 1. The summed E-state index contributed by atoms with van der Waals surface area (Å²) in [5, 5.41) is 4.40. The predicted octanol–water partition coefficient (Wildman–Crippen LogP) is 6.13. The normalized spacial score (nSPS) is 16.5. The highest BCUT2D eigenvalue weighted by atomic mass is 32.1. The molecule has 184 valence electrons. The van der Waals surface area contributed by atoms with E-state index < -0.39 is 0 Å². The lowest BCUT2D eigenvalue weighted by Crippen LogP contribution is -2.17. The van der Waals surface area contributed by atoms with Crippen LogP contribution in [0.5, 0.6) is 0 Å². The lowest BCUT2D eigenvalue weighted by atomic mass is 9.83. The molecule has 2 aliphatic carbocycles. The van der Waals surface area contributed by atoms with Gasteiger partial charge in [0.15, 0.2) is 0 Å². The van der Waals surface area contributed by atoms with E-state index in [1.54, 1.807) is 6.92 Å². The lowest BCUT2D eigenvalue weighted by Gasteiger charge is -2.23. The van der Waals surface area contributed by atoms with Gasteiger partial charge in [0.1, 0.15) is 14.7 Å². The summed E-state index contributed by atoms with van der Waals surface area (Å²) in [6.07, 6.45) is 5.65. The van der Waals surface area contributed by atoms with Gasteiger partial charge in [-0.15, -0.1) is 22.7 Å². The monoisotopic (exact) mass is 517 g/mol. The van der Waals surface area contributed by atoms with E-state index in [4.69, 9.17) is 15.5 Å². The molecule has 6 nitrogen and oxygen atoms in total. The molecule has 6 rings (SSSR count). The molecule has 0 fully saturated rings. The number of fused-ring (bicyclic) bond motifs is 3. The van der Waals surface area contributed by atoms with Gasteiger partial charge in [-0.25, -0.2) is 9.78 Å². The van der Waals surface area contributed by atoms with Crippen LogP contribution in [0.1, 0.15) is 73.0 Å². The Kier molecular flexibility index (Phi) is 6.01. The minimum Gasteiger partial charge on any atom is -0.462 e. The molecule has 3 heterocycles. The number of carbonyl (C=O) groups is 2. The average molecular weight is 518 g/mol. The van der Waals surface area contributed by atoms with Crippen molar-refractivity contribution in [2.24, 2.45) is 0 Å². The summed E-state index contributed by atoms with van der Waals surface area (Å²) < 4.78 is 5.39. The van der Waals surface area contributed by atoms with Crippen molar-refractivity contribution in [3.05, 3.63) is 74.1 Å². The second kappa shape index (κ2) is 9.33. The Morgan fingerprint density at radius 3 is 2.81 bits per heavy atom. The summed E-state index contributed by atoms with van der Waals surface area (Å²) in [6.45, 7) is 2.08. The van der Waals surface area contributed by atoms with Gasteiger partial charge in [0.05, 0.1) is 17.9 Å². The molecule has 0 spiro atoms. The molecule has 1 amide bonds. The minimum atomic E-state index is -0.383. The van der Waals surface area contributed by atoms with Crippen molar-refractivity contribution in [3.63, 3.8) is 0 Å². The van der Waals surface area contributed by atoms with E-state index in [-0.39, 0.29) is 18.5 Å². The lowest BCUT2D eigenvalue weighted by molar-refractivity contribution is 0.0526. The fourth-order valence-corrected chi connectivity index (χ4v) is 7.73. The van der Waals surface area contributed by atoms with Crippen LogP contribution in [0.15, 0.2) is 36.4 Å². The van der Waals surface area contributed by atoms with Gasteiger partial charge in [0, 0.05) is 16.0 Å². The summed E-state index contributed by atoms with van der Waals surface area (Å²) in [7, 11) is 0. The third kappa shape index (κ3) is 3.98. The number of anilines is 2. The molecule has 1 aromatic carbocycles. The van der Waals surface area contributed by atoms with E-state index in [1.165, 1.54) is 33.8 Å². The molecule has 0 radical (unpaired) electrons. The number of hydrogen-bond acceptors (Lipinski definition) is 7. The zero-order chi connectivity index (χ0) is 24.8. The summed E-state index contributed by atoms with van der Waals surface area (Å²) in [4.78, 5) is 33.6. The zero-order valence-electron chi connectivity index (χ0n) is 20.1. The predicted molar refractivity (Wildman–Crippen MR) is 145 cm³/mol. The molecular formula is C28H27N3O3S2. The molecular weight excluding hydrogens is 490 g/mol. The molecule has 2 aliphatic rings. The van der Waals surface area contributed by atoms with E-state index in [0.29, 0.717) is 27.0 Å². The highest BCUT2D eigenvalue weighted by molar-refractivity contribution is 7.21. The van der Waals surface area contributed by atoms with E-state index in [1.807, 2.05) is 6.07 Å². The topological polar surface area (TPSA) is 94.3 Å². The second-order valence-corrected chi connectivity index (χ2v) is 11.5. The van der Waals surface area contributed by atoms with Gasteiger partial charge in [-0.1, -0.05) is 30.3 Å². The second-order valence-electron chi connectivity index (χ2n) is 9.38. The zero-order valence-corrected chi connectivity index (χ0v) is 21.7. The van der Waals surface area contributed by atoms with Crippen LogP contribution in [-0.2, 0) is 30.4 Å². The Labute approximate surface area is 217 Å². The van der Waals surface area contributed by atoms with E-state index in [9.17, 15) is 9.59 Å². The van der Waals surface area contributed by atoms with Crippen LogP contribution < -0.4 is 11.1 Å². The first-order valence-corrected chi connectivity index (χ1v) is 14.1. The van der Waals surface area contributed by atoms with Crippen molar-refractivity contribution < 1.29 is 14.3 Å². The smallest absolute Gasteiger partial charge is 0.341 e. The third-order valence-corrected chi connectivity index (χ3v) is 9.48. The number of amides is 1. The maximum atomic E-state index is 13.4. The molecule has 4 aromatic rings. The first-order valence-electron chi connectivity index (χ1n) is 12.4. The number of nitrogens with one attached hydrogen (secondary N) is 1. The molecule has 0 saturated heterocycles. The summed E-state index contributed by atoms with van der Waals surface area (Å²) in [5.74, 6) is -0.299. The van der Waals surface area contributed by atoms with E-state index in [0.717, 1.165) is 64.9 Å². The SMILES string of the molecule is CCOC(=O)c1c(NC(=O)c2sc3nc4c(cc3c2N)CCC4)sc2c1CCC(c1ccccc1)C2. The van der Waals surface area contributed by atoms with Crippen molar-refractivity contribution >= 4 is 55.5 Å². The quantitative estimate of drug-likeness (QED) is 0.311. The summed E-state index contributed by atoms with van der Waals surface area (Å²) in [6, 6.07) is 12.6. The summed E-state index contributed by atoms with van der Waals surface area (Å²) >= 11 is 2.80. The van der Waals surface area contributed by atoms with Crippen LogP contribution in [0.3, 0.4) is 0 Å². The Morgan fingerprint density at radius 1 is 1.17 bits per heavy atom. The number of carbonyl (C=O) groups excluding carboxylic acids is 2. The van der Waals surface area contributed by atoms with Gasteiger partial charge in [-0.05, 0) is 74.1 Å². The molecule has 8 heteroatoms. The number of aryl methyl sites for hydroxylation is 2. The number of hydrogen-bond donors (Lipinski definition) is 2. The highest BCUT2D eigenvalue weighted by Crippen LogP contribution is 2.43. The number of benzene rings is 1. The van der Waals surface area contributed by atoms with E-state index in [2.05, 4.69) is 35.6 Å². The number of thiophene rings is 2. The molecule has 0 bridgehead atoms. The Morgan fingerprint density at radius 2 is 2.00 bits per heavy atom. The molecule has 1 atom stereocenters. The number of pyridine rings is 1. The van der Waals surface area contributed by atoms with Gasteiger partial charge >= 0.3 is 5.97 Å². The van der Waals surface area contributed by atoms with Crippen molar-refractivity contribution in [2.75, 3.05) is 17.7 Å². The van der Waals surface area contributed by atoms with E-state index >= 15 is 0 Å². The molecule has 0 saturated carbocycles. The largest absolute Gasteiger partial charge is 0.462 e. The van der Waals surface area contributed by atoms with Gasteiger partial charge in [0.25, 0.3) is 5.91 Å². The third-order valence-electron chi connectivity index (χ3n) is 7.20. The van der Waals surface area contributed by atoms with Crippen LogP contribution in [0, 0.1) is 0 Å².